The summed E-state index contributed by atoms with van der Waals surface area (Å²) in [7, 11) is -5.46. The first-order chi connectivity index (χ1) is 20.1. The Hall–Kier alpha value is -2.21. The van der Waals surface area contributed by atoms with Gasteiger partial charge in [0.25, 0.3) is 0 Å². The second kappa shape index (κ2) is 10.5. The molecule has 8 rings (SSSR count). The zero-order chi connectivity index (χ0) is 29.3. The van der Waals surface area contributed by atoms with Gasteiger partial charge in [-0.1, -0.05) is 56.3 Å². The number of nitrogens with zero attached hydrogens (tertiary/aromatic N) is 1. The third-order valence-corrected chi connectivity index (χ3v) is 11.9. The fourth-order valence-electron chi connectivity index (χ4n) is 8.40. The van der Waals surface area contributed by atoms with Gasteiger partial charge in [0.1, 0.15) is 5.58 Å². The first kappa shape index (κ1) is 28.6. The lowest BCUT2D eigenvalue weighted by Crippen LogP contribution is -2.65. The standard InChI is InChI=1S/C32H40BNO7S/c1-31(2)23-18-28(31)32(3)29(19-23)40-33(41-32)30(17-22-20-39-27-12-7-6-11-25(22)27)34(42(35,36)37)15-14-21-9-4-5-10-24(21)26-13-8-16-38-26/h4-7,9-12,20,23,26,28-30H,8,13-19H2,1-3H3,(H,35,36,37)/t23-,26?,28-,29+,30-,32-/m0/s1. The van der Waals surface area contributed by atoms with Crippen molar-refractivity contribution in [3.05, 3.63) is 71.5 Å². The molecule has 5 fully saturated rings. The maximum absolute atomic E-state index is 13.2. The molecule has 2 saturated heterocycles. The van der Waals surface area contributed by atoms with Crippen LogP contribution in [0.1, 0.15) is 69.2 Å². The summed E-state index contributed by atoms with van der Waals surface area (Å²) in [5, 5.41) is 0.909. The molecule has 5 aliphatic rings. The zero-order valence-electron chi connectivity index (χ0n) is 24.6. The van der Waals surface area contributed by atoms with Crippen LogP contribution < -0.4 is 0 Å². The molecule has 0 radical (unpaired) electrons. The van der Waals surface area contributed by atoms with Gasteiger partial charge in [-0.25, -0.2) is 0 Å². The maximum Gasteiger partial charge on any atom is 0.477 e. The quantitative estimate of drug-likeness (QED) is 0.247. The number of furan rings is 1. The summed E-state index contributed by atoms with van der Waals surface area (Å²) in [6, 6.07) is 15.7. The normalized spacial score (nSPS) is 30.9. The molecule has 3 saturated carbocycles. The molecular weight excluding hydrogens is 553 g/mol. The van der Waals surface area contributed by atoms with Crippen LogP contribution in [0.2, 0.25) is 0 Å². The first-order valence-corrected chi connectivity index (χ1v) is 16.7. The second-order valence-corrected chi connectivity index (χ2v) is 14.8. The van der Waals surface area contributed by atoms with E-state index in [-0.39, 0.29) is 30.6 Å². The van der Waals surface area contributed by atoms with E-state index >= 15 is 0 Å². The molecule has 1 N–H and O–H groups in total. The highest BCUT2D eigenvalue weighted by atomic mass is 32.2. The van der Waals surface area contributed by atoms with Gasteiger partial charge >= 0.3 is 17.4 Å². The van der Waals surface area contributed by atoms with E-state index in [9.17, 15) is 13.0 Å². The van der Waals surface area contributed by atoms with E-state index in [0.29, 0.717) is 18.3 Å². The van der Waals surface area contributed by atoms with Gasteiger partial charge in [-0.15, -0.1) is 0 Å². The van der Waals surface area contributed by atoms with Gasteiger partial charge in [-0.3, -0.25) is 4.55 Å². The van der Waals surface area contributed by atoms with Crippen LogP contribution in [-0.2, 0) is 37.2 Å². The van der Waals surface area contributed by atoms with Crippen molar-refractivity contribution in [2.45, 2.75) is 83.0 Å². The predicted octanol–water partition coefficient (Wildman–Crippen LogP) is 5.81. The Morgan fingerprint density at radius 2 is 1.86 bits per heavy atom. The lowest BCUT2D eigenvalue weighted by molar-refractivity contribution is -0.199. The van der Waals surface area contributed by atoms with Gasteiger partial charge in [-0.2, -0.15) is 12.7 Å². The van der Waals surface area contributed by atoms with Crippen LogP contribution in [0.15, 0.2) is 59.2 Å². The number of para-hydroxylation sites is 1. The molecule has 2 bridgehead atoms. The lowest BCUT2D eigenvalue weighted by atomic mass is 9.43. The largest absolute Gasteiger partial charge is 0.477 e. The topological polar surface area (TPSA) is 98.4 Å². The van der Waals surface area contributed by atoms with Crippen LogP contribution in [0.4, 0.5) is 0 Å². The molecule has 8 nitrogen and oxygen atoms in total. The summed E-state index contributed by atoms with van der Waals surface area (Å²) in [4.78, 5) is 0. The average molecular weight is 594 g/mol. The van der Waals surface area contributed by atoms with Gasteiger partial charge < -0.3 is 18.5 Å². The molecule has 3 heterocycles. The molecule has 42 heavy (non-hydrogen) atoms. The van der Waals surface area contributed by atoms with E-state index in [1.807, 2.05) is 42.5 Å². The molecular formula is C32H40BNO7S. The Bertz CT molecular complexity index is 1570. The molecule has 224 valence electrons. The Morgan fingerprint density at radius 3 is 2.62 bits per heavy atom. The molecule has 0 amide bonds. The Kier molecular flexibility index (Phi) is 7.11. The summed E-state index contributed by atoms with van der Waals surface area (Å²) in [6.07, 6.45) is 6.19. The van der Waals surface area contributed by atoms with Crippen molar-refractivity contribution >= 4 is 28.4 Å². The van der Waals surface area contributed by atoms with E-state index in [2.05, 4.69) is 26.8 Å². The Morgan fingerprint density at radius 1 is 1.07 bits per heavy atom. The summed E-state index contributed by atoms with van der Waals surface area (Å²) in [5.74, 6) is 0.0939. The SMILES string of the molecule is CC1(C)[C@@H]2C[C@H]3OB([C@H](Cc4coc5ccccc45)N(CCc4ccccc4C4CCCO4)S(=O)(=O)O)O[C@@]3(C)[C@H]1C2. The molecule has 3 aromatic rings. The van der Waals surface area contributed by atoms with Gasteiger partial charge in [0.15, 0.2) is 0 Å². The summed E-state index contributed by atoms with van der Waals surface area (Å²) >= 11 is 0. The fourth-order valence-corrected chi connectivity index (χ4v) is 9.23. The monoisotopic (exact) mass is 593 g/mol. The Balaban J connectivity index is 1.22. The smallest absolute Gasteiger partial charge is 0.464 e. The summed E-state index contributed by atoms with van der Waals surface area (Å²) in [5.41, 5.74) is 3.30. The van der Waals surface area contributed by atoms with Crippen molar-refractivity contribution in [2.24, 2.45) is 17.3 Å². The Labute approximate surface area is 248 Å². The number of hydrogen-bond acceptors (Lipinski definition) is 6. The van der Waals surface area contributed by atoms with Crippen molar-refractivity contribution in [2.75, 3.05) is 13.2 Å². The lowest BCUT2D eigenvalue weighted by Gasteiger charge is -2.64. The first-order valence-electron chi connectivity index (χ1n) is 15.3. The molecule has 0 spiro atoms. The van der Waals surface area contributed by atoms with Crippen LogP contribution >= 0.6 is 0 Å². The van der Waals surface area contributed by atoms with Gasteiger partial charge in [0, 0.05) is 18.5 Å². The molecule has 10 heteroatoms. The van der Waals surface area contributed by atoms with E-state index in [0.717, 1.165) is 59.9 Å². The van der Waals surface area contributed by atoms with E-state index in [1.54, 1.807) is 6.26 Å². The van der Waals surface area contributed by atoms with Crippen LogP contribution in [0.3, 0.4) is 0 Å². The molecule has 1 aromatic heterocycles. The van der Waals surface area contributed by atoms with Gasteiger partial charge in [0.05, 0.1) is 30.0 Å². The molecule has 2 aliphatic heterocycles. The van der Waals surface area contributed by atoms with E-state index in [4.69, 9.17) is 18.5 Å². The van der Waals surface area contributed by atoms with Crippen LogP contribution in [-0.4, -0.2) is 55.2 Å². The number of fused-ring (bicyclic) bond motifs is 1. The van der Waals surface area contributed by atoms with Crippen molar-refractivity contribution < 1.29 is 31.4 Å². The molecule has 1 unspecified atom stereocenters. The molecule has 3 aliphatic carbocycles. The number of benzene rings is 2. The average Bonchev–Trinajstić information content (AvgIpc) is 3.70. The third kappa shape index (κ3) is 4.75. The highest BCUT2D eigenvalue weighted by Gasteiger charge is 2.69. The van der Waals surface area contributed by atoms with Crippen LogP contribution in [0.25, 0.3) is 11.0 Å². The number of rotatable bonds is 9. The van der Waals surface area contributed by atoms with Crippen LogP contribution in [0.5, 0.6) is 0 Å². The number of hydrogen-bond donors (Lipinski definition) is 1. The van der Waals surface area contributed by atoms with E-state index in [1.165, 1.54) is 4.31 Å². The van der Waals surface area contributed by atoms with Crippen molar-refractivity contribution in [1.82, 2.24) is 4.31 Å². The molecule has 6 atom stereocenters. The predicted molar refractivity (Wildman–Crippen MR) is 160 cm³/mol. The maximum atomic E-state index is 13.2. The van der Waals surface area contributed by atoms with Gasteiger partial charge in [0.2, 0.25) is 0 Å². The zero-order valence-corrected chi connectivity index (χ0v) is 25.4. The highest BCUT2D eigenvalue weighted by molar-refractivity contribution is 7.83. The number of ether oxygens (including phenoxy) is 1. The second-order valence-electron chi connectivity index (χ2n) is 13.4. The minimum absolute atomic E-state index is 0.00731. The van der Waals surface area contributed by atoms with E-state index < -0.39 is 29.0 Å². The summed E-state index contributed by atoms with van der Waals surface area (Å²) < 4.78 is 63.5. The molecule has 2 aromatic carbocycles. The third-order valence-electron chi connectivity index (χ3n) is 10.9. The highest BCUT2D eigenvalue weighted by Crippen LogP contribution is 2.65. The van der Waals surface area contributed by atoms with Gasteiger partial charge in [-0.05, 0) is 85.5 Å². The van der Waals surface area contributed by atoms with Crippen LogP contribution in [0, 0.1) is 17.3 Å². The minimum Gasteiger partial charge on any atom is -0.464 e. The van der Waals surface area contributed by atoms with Crippen molar-refractivity contribution in [1.29, 1.82) is 0 Å². The van der Waals surface area contributed by atoms with Crippen molar-refractivity contribution in [3.8, 4) is 0 Å². The fraction of sp³-hybridized carbons (Fsp3) is 0.562. The minimum atomic E-state index is -4.63. The summed E-state index contributed by atoms with van der Waals surface area (Å²) in [6.45, 7) is 7.53. The van der Waals surface area contributed by atoms with Crippen molar-refractivity contribution in [3.63, 3.8) is 0 Å².